The number of likely N-dealkylation sites (N-methyl/N-ethyl adjacent to an activating group) is 2. The van der Waals surface area contributed by atoms with Gasteiger partial charge >= 0.3 is 5.97 Å². The summed E-state index contributed by atoms with van der Waals surface area (Å²) in [6.07, 6.45) is 2.31. The number of carbonyl (C=O) groups excluding carboxylic acids is 1. The molecule has 2 heterocycles. The average Bonchev–Trinajstić information content (AvgIpc) is 2.96. The van der Waals surface area contributed by atoms with Gasteiger partial charge in [-0.3, -0.25) is 14.5 Å². The summed E-state index contributed by atoms with van der Waals surface area (Å²) in [6.45, 7) is 2.28. The third-order valence-electron chi connectivity index (χ3n) is 3.73. The molecule has 8 heteroatoms. The van der Waals surface area contributed by atoms with E-state index in [1.807, 2.05) is 11.9 Å². The monoisotopic (exact) mass is 281 g/mol. The first kappa shape index (κ1) is 14.6. The van der Waals surface area contributed by atoms with Gasteiger partial charge in [-0.25, -0.2) is 4.68 Å². The van der Waals surface area contributed by atoms with Crippen LogP contribution in [-0.2, 0) is 9.59 Å². The third kappa shape index (κ3) is 2.70. The highest BCUT2D eigenvalue weighted by Crippen LogP contribution is 2.26. The molecule has 0 spiro atoms. The van der Waals surface area contributed by atoms with Crippen molar-refractivity contribution in [3.05, 3.63) is 11.9 Å². The SMILES string of the molecule is CNC(C(=O)O)c1cn(C2CC(C(C)=O)N(C)C2)nn1. The number of nitrogens with zero attached hydrogens (tertiary/aromatic N) is 4. The van der Waals surface area contributed by atoms with Crippen molar-refractivity contribution in [2.45, 2.75) is 31.5 Å². The van der Waals surface area contributed by atoms with Gasteiger partial charge in [0.1, 0.15) is 11.5 Å². The van der Waals surface area contributed by atoms with E-state index in [1.165, 1.54) is 0 Å². The van der Waals surface area contributed by atoms with Gasteiger partial charge in [0.15, 0.2) is 6.04 Å². The Bertz CT molecular complexity index is 515. The predicted molar refractivity (Wildman–Crippen MR) is 70.2 cm³/mol. The molecule has 0 aromatic carbocycles. The molecule has 0 bridgehead atoms. The number of carbonyl (C=O) groups is 2. The van der Waals surface area contributed by atoms with E-state index < -0.39 is 12.0 Å². The first-order valence-electron chi connectivity index (χ1n) is 6.46. The molecular weight excluding hydrogens is 262 g/mol. The van der Waals surface area contributed by atoms with E-state index in [-0.39, 0.29) is 17.9 Å². The molecule has 1 aliphatic heterocycles. The zero-order chi connectivity index (χ0) is 14.9. The minimum absolute atomic E-state index is 0.0430. The van der Waals surface area contributed by atoms with Crippen LogP contribution >= 0.6 is 0 Å². The highest BCUT2D eigenvalue weighted by atomic mass is 16.4. The molecule has 3 unspecified atom stereocenters. The third-order valence-corrected chi connectivity index (χ3v) is 3.73. The largest absolute Gasteiger partial charge is 0.480 e. The second-order valence-electron chi connectivity index (χ2n) is 5.14. The Morgan fingerprint density at radius 2 is 2.25 bits per heavy atom. The maximum absolute atomic E-state index is 11.5. The van der Waals surface area contributed by atoms with Crippen molar-refractivity contribution in [1.82, 2.24) is 25.2 Å². The van der Waals surface area contributed by atoms with E-state index in [2.05, 4.69) is 15.6 Å². The van der Waals surface area contributed by atoms with Gasteiger partial charge < -0.3 is 10.4 Å². The molecule has 8 nitrogen and oxygen atoms in total. The molecule has 0 saturated carbocycles. The maximum Gasteiger partial charge on any atom is 0.327 e. The Balaban J connectivity index is 2.14. The summed E-state index contributed by atoms with van der Waals surface area (Å²) in [5.41, 5.74) is 0.369. The van der Waals surface area contributed by atoms with E-state index >= 15 is 0 Å². The number of carboxylic acid groups (broad SMARTS) is 1. The fourth-order valence-electron chi connectivity index (χ4n) is 2.64. The van der Waals surface area contributed by atoms with Crippen molar-refractivity contribution in [1.29, 1.82) is 0 Å². The van der Waals surface area contributed by atoms with Gasteiger partial charge in [0, 0.05) is 6.54 Å². The molecule has 20 heavy (non-hydrogen) atoms. The predicted octanol–water partition coefficient (Wildman–Crippen LogP) is -0.543. The van der Waals surface area contributed by atoms with Crippen molar-refractivity contribution >= 4 is 11.8 Å². The number of Topliss-reactive ketones (excluding diaryl/α,β-unsaturated/α-hetero) is 1. The smallest absolute Gasteiger partial charge is 0.327 e. The number of aliphatic carboxylic acids is 1. The second-order valence-corrected chi connectivity index (χ2v) is 5.14. The highest BCUT2D eigenvalue weighted by molar-refractivity contribution is 5.81. The van der Waals surface area contributed by atoms with Crippen LogP contribution in [0.4, 0.5) is 0 Å². The van der Waals surface area contributed by atoms with Crippen LogP contribution in [0.1, 0.15) is 31.1 Å². The van der Waals surface area contributed by atoms with Crippen LogP contribution in [-0.4, -0.2) is 63.4 Å². The van der Waals surface area contributed by atoms with Gasteiger partial charge in [0.2, 0.25) is 0 Å². The lowest BCUT2D eigenvalue weighted by Gasteiger charge is -2.14. The van der Waals surface area contributed by atoms with Gasteiger partial charge in [0.25, 0.3) is 0 Å². The summed E-state index contributed by atoms with van der Waals surface area (Å²) in [7, 11) is 3.46. The first-order valence-corrected chi connectivity index (χ1v) is 6.46. The minimum atomic E-state index is -0.996. The van der Waals surface area contributed by atoms with E-state index in [9.17, 15) is 9.59 Å². The van der Waals surface area contributed by atoms with Crippen LogP contribution in [0.2, 0.25) is 0 Å². The first-order chi connectivity index (χ1) is 9.43. The number of rotatable bonds is 5. The van der Waals surface area contributed by atoms with Gasteiger partial charge in [-0.1, -0.05) is 5.21 Å². The molecule has 1 fully saturated rings. The molecule has 1 saturated heterocycles. The number of likely N-dealkylation sites (tertiary alicyclic amines) is 1. The zero-order valence-corrected chi connectivity index (χ0v) is 11.8. The van der Waals surface area contributed by atoms with Crippen molar-refractivity contribution in [3.8, 4) is 0 Å². The molecule has 3 atom stereocenters. The van der Waals surface area contributed by atoms with Crippen molar-refractivity contribution in [2.75, 3.05) is 20.6 Å². The molecule has 0 radical (unpaired) electrons. The number of hydrogen-bond donors (Lipinski definition) is 2. The Hall–Kier alpha value is -1.80. The van der Waals surface area contributed by atoms with E-state index in [4.69, 9.17) is 5.11 Å². The molecule has 2 N–H and O–H groups in total. The van der Waals surface area contributed by atoms with Gasteiger partial charge in [-0.05, 0) is 27.4 Å². The van der Waals surface area contributed by atoms with Crippen LogP contribution in [0.3, 0.4) is 0 Å². The van der Waals surface area contributed by atoms with Gasteiger partial charge in [-0.15, -0.1) is 5.10 Å². The minimum Gasteiger partial charge on any atom is -0.480 e. The van der Waals surface area contributed by atoms with Crippen LogP contribution < -0.4 is 5.32 Å². The lowest BCUT2D eigenvalue weighted by Crippen LogP contribution is -2.30. The summed E-state index contributed by atoms with van der Waals surface area (Å²) in [4.78, 5) is 24.6. The fourth-order valence-corrected chi connectivity index (χ4v) is 2.64. The van der Waals surface area contributed by atoms with E-state index in [0.717, 1.165) is 0 Å². The number of nitrogens with one attached hydrogen (secondary N) is 1. The Kier molecular flexibility index (Phi) is 4.15. The quantitative estimate of drug-likeness (QED) is 0.747. The average molecular weight is 281 g/mol. The topological polar surface area (TPSA) is 100 Å². The molecule has 1 aromatic rings. The molecule has 0 amide bonds. The number of ketones is 1. The zero-order valence-electron chi connectivity index (χ0n) is 11.8. The van der Waals surface area contributed by atoms with Crippen molar-refractivity contribution in [3.63, 3.8) is 0 Å². The molecule has 110 valence electrons. The molecule has 0 aliphatic carbocycles. The summed E-state index contributed by atoms with van der Waals surface area (Å²) in [5, 5.41) is 19.7. The maximum atomic E-state index is 11.5. The standard InChI is InChI=1S/C12H19N5O3/c1-7(18)10-4-8(5-16(10)3)17-6-9(14-15-17)11(13-2)12(19)20/h6,8,10-11,13H,4-5H2,1-3H3,(H,19,20). The summed E-state index contributed by atoms with van der Waals surface area (Å²) in [6, 6.07) is -0.930. The second kappa shape index (κ2) is 5.68. The summed E-state index contributed by atoms with van der Waals surface area (Å²) < 4.78 is 1.65. The molecule has 1 aromatic heterocycles. The number of hydrogen-bond acceptors (Lipinski definition) is 6. The highest BCUT2D eigenvalue weighted by Gasteiger charge is 2.34. The van der Waals surface area contributed by atoms with Crippen LogP contribution in [0.25, 0.3) is 0 Å². The van der Waals surface area contributed by atoms with Crippen LogP contribution in [0.15, 0.2) is 6.20 Å². The van der Waals surface area contributed by atoms with Crippen molar-refractivity contribution in [2.24, 2.45) is 0 Å². The normalized spacial score (nSPS) is 24.8. The van der Waals surface area contributed by atoms with Crippen LogP contribution in [0, 0.1) is 0 Å². The number of aromatic nitrogens is 3. The number of carboxylic acids is 1. The fraction of sp³-hybridized carbons (Fsp3) is 0.667. The Morgan fingerprint density at radius 1 is 1.55 bits per heavy atom. The lowest BCUT2D eigenvalue weighted by atomic mass is 10.1. The Morgan fingerprint density at radius 3 is 2.75 bits per heavy atom. The van der Waals surface area contributed by atoms with E-state index in [1.54, 1.807) is 24.9 Å². The Labute approximate surface area is 116 Å². The molecular formula is C12H19N5O3. The van der Waals surface area contributed by atoms with Gasteiger partial charge in [-0.2, -0.15) is 0 Å². The van der Waals surface area contributed by atoms with Crippen molar-refractivity contribution < 1.29 is 14.7 Å². The van der Waals surface area contributed by atoms with E-state index in [0.29, 0.717) is 18.7 Å². The lowest BCUT2D eigenvalue weighted by molar-refractivity contribution is -0.139. The van der Waals surface area contributed by atoms with Gasteiger partial charge in [0.05, 0.1) is 18.3 Å². The van der Waals surface area contributed by atoms with Crippen LogP contribution in [0.5, 0.6) is 0 Å². The summed E-state index contributed by atoms with van der Waals surface area (Å²) >= 11 is 0. The molecule has 2 rings (SSSR count). The summed E-state index contributed by atoms with van der Waals surface area (Å²) in [5.74, 6) is -0.862. The molecule has 1 aliphatic rings.